The van der Waals surface area contributed by atoms with Crippen LogP contribution in [-0.4, -0.2) is 4.98 Å². The molecule has 1 nitrogen and oxygen atoms in total. The van der Waals surface area contributed by atoms with Gasteiger partial charge in [-0.1, -0.05) is 269 Å². The molecule has 1 heterocycles. The smallest absolute Gasteiger partial charge is 0.0704 e. The summed E-state index contributed by atoms with van der Waals surface area (Å²) < 4.78 is 0. The lowest BCUT2D eigenvalue weighted by molar-refractivity contribution is 1.39. The minimum absolute atomic E-state index is 1.08. The van der Waals surface area contributed by atoms with Crippen molar-refractivity contribution in [2.45, 2.75) is 62.3 Å². The molecule has 0 amide bonds. The van der Waals surface area contributed by atoms with Crippen molar-refractivity contribution in [3.05, 3.63) is 293 Å². The Morgan fingerprint density at radius 2 is 0.523 bits per heavy atom. The van der Waals surface area contributed by atoms with Crippen LogP contribution >= 0.6 is 0 Å². The van der Waals surface area contributed by atoms with Gasteiger partial charge in [0.15, 0.2) is 0 Å². The Balaban J connectivity index is 0.000000168. The van der Waals surface area contributed by atoms with Crippen molar-refractivity contribution in [2.24, 2.45) is 0 Å². The molecule has 0 atom stereocenters. The molecular formula is C64H67N. The van der Waals surface area contributed by atoms with Crippen LogP contribution in [0.5, 0.6) is 0 Å². The molecule has 0 spiro atoms. The van der Waals surface area contributed by atoms with Gasteiger partial charge >= 0.3 is 0 Å². The van der Waals surface area contributed by atoms with Crippen LogP contribution in [0.4, 0.5) is 0 Å². The Morgan fingerprint density at radius 1 is 0.215 bits per heavy atom. The topological polar surface area (TPSA) is 12.9 Å². The summed E-state index contributed by atoms with van der Waals surface area (Å²) in [6.07, 6.45) is 1.82. The fourth-order valence-electron chi connectivity index (χ4n) is 6.20. The first-order valence-electron chi connectivity index (χ1n) is 22.4. The summed E-state index contributed by atoms with van der Waals surface area (Å²) in [5.74, 6) is 0. The summed E-state index contributed by atoms with van der Waals surface area (Å²) in [5, 5.41) is 3.85. The molecule has 1 aromatic heterocycles. The molecule has 1 heteroatoms. The highest BCUT2D eigenvalue weighted by atomic mass is 14.6. The summed E-state index contributed by atoms with van der Waals surface area (Å²) in [7, 11) is 0. The Morgan fingerprint density at radius 3 is 0.954 bits per heavy atom. The maximum absolute atomic E-state index is 4.24. The van der Waals surface area contributed by atoms with Gasteiger partial charge in [0.25, 0.3) is 0 Å². The predicted molar refractivity (Wildman–Crippen MR) is 286 cm³/mol. The monoisotopic (exact) mass is 850 g/mol. The van der Waals surface area contributed by atoms with Crippen LogP contribution in [-0.2, 0) is 0 Å². The van der Waals surface area contributed by atoms with E-state index in [2.05, 4.69) is 255 Å². The first-order valence-corrected chi connectivity index (χ1v) is 22.4. The third-order valence-electron chi connectivity index (χ3n) is 10.1. The van der Waals surface area contributed by atoms with Crippen molar-refractivity contribution in [1.82, 2.24) is 4.98 Å². The van der Waals surface area contributed by atoms with E-state index in [-0.39, 0.29) is 0 Å². The average Bonchev–Trinajstić information content (AvgIpc) is 3.33. The minimum Gasteiger partial charge on any atom is -0.256 e. The summed E-state index contributed by atoms with van der Waals surface area (Å²) in [6.45, 7) is 18.9. The van der Waals surface area contributed by atoms with Gasteiger partial charge in [-0.25, -0.2) is 0 Å². The maximum atomic E-state index is 4.24. The standard InChI is InChI=1S/C13H12.C11H10.C10H9N.2C8H10.2C7H8/c1-11-7-9-13(10-8-11)12-5-3-2-4-6-12;1-9-6-7-10-4-2-3-5-11(10)8-9;1-8-4-5-9-3-2-6-11-10(9)7-8;2*1-7-3-5-8(2)6-4-7;2*1-7-5-3-2-4-6-7/h2-10H,1H3;2-8H,1H3;2-7H,1H3;2*3-6H,1-2H3;2*2-6H,1H3. The molecule has 0 unspecified atom stereocenters. The van der Waals surface area contributed by atoms with Crippen LogP contribution in [0.1, 0.15) is 50.1 Å². The van der Waals surface area contributed by atoms with Crippen LogP contribution in [0.2, 0.25) is 0 Å². The van der Waals surface area contributed by atoms with E-state index in [4.69, 9.17) is 0 Å². The largest absolute Gasteiger partial charge is 0.256 e. The highest BCUT2D eigenvalue weighted by Gasteiger charge is 1.94. The average molecular weight is 850 g/mol. The second-order valence-electron chi connectivity index (χ2n) is 16.4. The van der Waals surface area contributed by atoms with Crippen LogP contribution in [0, 0.1) is 62.3 Å². The third kappa shape index (κ3) is 20.6. The van der Waals surface area contributed by atoms with E-state index in [0.29, 0.717) is 0 Å². The number of aromatic nitrogens is 1. The number of benzene rings is 9. The van der Waals surface area contributed by atoms with Gasteiger partial charge < -0.3 is 0 Å². The number of hydrogen-bond donors (Lipinski definition) is 0. The lowest BCUT2D eigenvalue weighted by Gasteiger charge is -2.00. The second kappa shape index (κ2) is 28.4. The molecule has 10 aromatic rings. The first kappa shape index (κ1) is 50.3. The lowest BCUT2D eigenvalue weighted by atomic mass is 10.0. The van der Waals surface area contributed by atoms with Crippen LogP contribution in [0.3, 0.4) is 0 Å². The van der Waals surface area contributed by atoms with Gasteiger partial charge in [0, 0.05) is 11.6 Å². The molecule has 0 fully saturated rings. The number of fused-ring (bicyclic) bond motifs is 2. The molecule has 0 aliphatic carbocycles. The van der Waals surface area contributed by atoms with Gasteiger partial charge in [-0.2, -0.15) is 0 Å². The number of pyridine rings is 1. The Bertz CT molecular complexity index is 2590. The molecule has 9 aromatic carbocycles. The summed E-state index contributed by atoms with van der Waals surface area (Å²) in [5.41, 5.74) is 15.5. The number of nitrogens with zero attached hydrogens (tertiary/aromatic N) is 1. The molecule has 10 rings (SSSR count). The molecule has 65 heavy (non-hydrogen) atoms. The zero-order chi connectivity index (χ0) is 46.7. The van der Waals surface area contributed by atoms with Gasteiger partial charge in [-0.15, -0.1) is 0 Å². The van der Waals surface area contributed by atoms with E-state index in [1.165, 1.54) is 77.4 Å². The number of aryl methyl sites for hydroxylation is 9. The van der Waals surface area contributed by atoms with E-state index in [0.717, 1.165) is 5.52 Å². The van der Waals surface area contributed by atoms with Crippen molar-refractivity contribution in [2.75, 3.05) is 0 Å². The molecule has 0 saturated carbocycles. The van der Waals surface area contributed by atoms with Gasteiger partial charge in [0.05, 0.1) is 5.52 Å². The van der Waals surface area contributed by atoms with Crippen molar-refractivity contribution in [1.29, 1.82) is 0 Å². The quantitative estimate of drug-likeness (QED) is 0.160. The van der Waals surface area contributed by atoms with E-state index in [9.17, 15) is 0 Å². The molecule has 0 radical (unpaired) electrons. The van der Waals surface area contributed by atoms with Crippen LogP contribution in [0.25, 0.3) is 32.8 Å². The lowest BCUT2D eigenvalue weighted by Crippen LogP contribution is -1.77. The Hall–Kier alpha value is -7.35. The van der Waals surface area contributed by atoms with E-state index in [1.807, 2.05) is 54.7 Å². The SMILES string of the molecule is Cc1ccc(-c2ccccc2)cc1.Cc1ccc(C)cc1.Cc1ccc(C)cc1.Cc1ccc2ccccc2c1.Cc1ccc2cccnc2c1.Cc1ccccc1.Cc1ccccc1. The van der Waals surface area contributed by atoms with Gasteiger partial charge in [-0.05, 0) is 102 Å². The molecule has 0 aliphatic heterocycles. The zero-order valence-corrected chi connectivity index (χ0v) is 40.0. The van der Waals surface area contributed by atoms with Gasteiger partial charge in [0.1, 0.15) is 0 Å². The third-order valence-corrected chi connectivity index (χ3v) is 10.1. The number of hydrogen-bond acceptors (Lipinski definition) is 1. The molecular weight excluding hydrogens is 783 g/mol. The molecule has 0 saturated heterocycles. The summed E-state index contributed by atoms with van der Waals surface area (Å²) >= 11 is 0. The summed E-state index contributed by atoms with van der Waals surface area (Å²) in [4.78, 5) is 4.24. The maximum Gasteiger partial charge on any atom is 0.0704 e. The van der Waals surface area contributed by atoms with Crippen LogP contribution < -0.4 is 0 Å². The van der Waals surface area contributed by atoms with Crippen molar-refractivity contribution in [3.8, 4) is 11.1 Å². The van der Waals surface area contributed by atoms with E-state index < -0.39 is 0 Å². The van der Waals surface area contributed by atoms with Crippen molar-refractivity contribution >= 4 is 21.7 Å². The molecule has 0 N–H and O–H groups in total. The first-order chi connectivity index (χ1) is 31.4. The fraction of sp³-hybridized carbons (Fsp3) is 0.141. The Labute approximate surface area is 391 Å². The highest BCUT2D eigenvalue weighted by molar-refractivity contribution is 5.83. The highest BCUT2D eigenvalue weighted by Crippen LogP contribution is 2.19. The second-order valence-corrected chi connectivity index (χ2v) is 16.4. The molecule has 328 valence electrons. The molecule has 0 bridgehead atoms. The predicted octanol–water partition coefficient (Wildman–Crippen LogP) is 18.0. The zero-order valence-electron chi connectivity index (χ0n) is 40.0. The van der Waals surface area contributed by atoms with Crippen LogP contribution in [0.15, 0.2) is 243 Å². The fourth-order valence-corrected chi connectivity index (χ4v) is 6.20. The van der Waals surface area contributed by atoms with E-state index in [1.54, 1.807) is 0 Å². The van der Waals surface area contributed by atoms with Gasteiger partial charge in [0.2, 0.25) is 0 Å². The summed E-state index contributed by atoms with van der Waals surface area (Å²) in [6, 6.07) is 81.7. The molecule has 0 aliphatic rings. The van der Waals surface area contributed by atoms with Crippen molar-refractivity contribution < 1.29 is 0 Å². The van der Waals surface area contributed by atoms with Gasteiger partial charge in [-0.3, -0.25) is 4.98 Å². The van der Waals surface area contributed by atoms with E-state index >= 15 is 0 Å². The normalized spacial score (nSPS) is 9.62. The number of rotatable bonds is 1. The van der Waals surface area contributed by atoms with Crippen molar-refractivity contribution in [3.63, 3.8) is 0 Å². The Kier molecular flexibility index (Phi) is 21.9. The minimum atomic E-state index is 1.08.